The Morgan fingerprint density at radius 2 is 0.451 bits per heavy atom. The maximum atomic E-state index is 12.9. The van der Waals surface area contributed by atoms with Crippen molar-refractivity contribution in [2.75, 3.05) is 13.2 Å². The Morgan fingerprint density at radius 3 is 0.732 bits per heavy atom. The Hall–Kier alpha value is -3.15. The van der Waals surface area contributed by atoms with Gasteiger partial charge in [0.25, 0.3) is 0 Å². The van der Waals surface area contributed by atoms with Crippen LogP contribution < -0.4 is 0 Å². The molecule has 0 N–H and O–H groups in total. The molecule has 1 unspecified atom stereocenters. The monoisotopic (exact) mass is 1150 g/mol. The van der Waals surface area contributed by atoms with Gasteiger partial charge in [0.1, 0.15) is 13.2 Å². The van der Waals surface area contributed by atoms with Crippen molar-refractivity contribution in [3.63, 3.8) is 0 Å². The molecule has 0 radical (unpaired) electrons. The van der Waals surface area contributed by atoms with Gasteiger partial charge in [-0.1, -0.05) is 318 Å². The molecule has 0 bridgehead atoms. The van der Waals surface area contributed by atoms with E-state index in [-0.39, 0.29) is 31.1 Å². The zero-order chi connectivity index (χ0) is 59.2. The molecule has 82 heavy (non-hydrogen) atoms. The average molecular weight is 1150 g/mol. The van der Waals surface area contributed by atoms with Crippen molar-refractivity contribution in [3.8, 4) is 0 Å². The van der Waals surface area contributed by atoms with Crippen LogP contribution >= 0.6 is 0 Å². The standard InChI is InChI=1S/C76H136O6/c1-4-7-10-13-16-19-22-25-28-30-32-33-34-35-36-37-38-39-40-41-42-43-45-46-48-51-54-57-60-63-66-69-75(78)81-72-73(71-80-74(77)68-65-62-59-56-53-50-27-24-21-18-15-12-9-6-3)82-76(79)70-67-64-61-58-55-52-49-47-44-31-29-26-23-20-17-14-11-8-5-2/h15,17-18,20,22,24-27,29-30,32,73H,4-14,16,19,21,23,28,31,33-72H2,1-3H3/b18-15-,20-17-,25-22-,27-24-,29-26-,32-30-. The zero-order valence-corrected chi connectivity index (χ0v) is 54.8. The smallest absolute Gasteiger partial charge is 0.306 e. The molecule has 0 saturated carbocycles. The van der Waals surface area contributed by atoms with Gasteiger partial charge in [-0.15, -0.1) is 0 Å². The zero-order valence-electron chi connectivity index (χ0n) is 54.8. The second-order valence-electron chi connectivity index (χ2n) is 24.1. The van der Waals surface area contributed by atoms with Crippen molar-refractivity contribution in [1.29, 1.82) is 0 Å². The van der Waals surface area contributed by atoms with E-state index in [1.54, 1.807) is 0 Å². The van der Waals surface area contributed by atoms with Gasteiger partial charge in [-0.2, -0.15) is 0 Å². The minimum Gasteiger partial charge on any atom is -0.462 e. The molecule has 0 aliphatic rings. The summed E-state index contributed by atoms with van der Waals surface area (Å²) in [6.45, 7) is 6.60. The highest BCUT2D eigenvalue weighted by Gasteiger charge is 2.19. The second-order valence-corrected chi connectivity index (χ2v) is 24.1. The molecule has 0 fully saturated rings. The largest absolute Gasteiger partial charge is 0.462 e. The van der Waals surface area contributed by atoms with E-state index in [2.05, 4.69) is 93.7 Å². The highest BCUT2D eigenvalue weighted by atomic mass is 16.6. The van der Waals surface area contributed by atoms with Gasteiger partial charge >= 0.3 is 17.9 Å². The number of carbonyl (C=O) groups excluding carboxylic acids is 3. The Kier molecular flexibility index (Phi) is 67.6. The first-order valence-corrected chi connectivity index (χ1v) is 35.9. The summed E-state index contributed by atoms with van der Waals surface area (Å²) in [4.78, 5) is 38.4. The molecular weight excluding hydrogens is 1010 g/mol. The number of rotatable bonds is 66. The summed E-state index contributed by atoms with van der Waals surface area (Å²) in [7, 11) is 0. The van der Waals surface area contributed by atoms with Crippen LogP contribution in [0.2, 0.25) is 0 Å². The minimum atomic E-state index is -0.784. The molecule has 0 aliphatic carbocycles. The predicted molar refractivity (Wildman–Crippen MR) is 358 cm³/mol. The molecule has 6 nitrogen and oxygen atoms in total. The minimum absolute atomic E-state index is 0.0783. The number of hydrogen-bond donors (Lipinski definition) is 0. The molecule has 0 aliphatic heterocycles. The van der Waals surface area contributed by atoms with Crippen molar-refractivity contribution < 1.29 is 28.6 Å². The SMILES string of the molecule is CCCC/C=C\C/C=C\CCCCCCCC(=O)OCC(COC(=O)CCCCCCCCCCCCCCCCCCCCC/C=C\C/C=C\CCCCCCC)OC(=O)CCCCCCCCCCC/C=C\C/C=C\CCCCC. The van der Waals surface area contributed by atoms with Crippen LogP contribution in [-0.2, 0) is 28.6 Å². The lowest BCUT2D eigenvalue weighted by molar-refractivity contribution is -0.167. The molecule has 6 heteroatoms. The Bertz CT molecular complexity index is 1500. The van der Waals surface area contributed by atoms with Crippen LogP contribution in [0.1, 0.15) is 374 Å². The maximum absolute atomic E-state index is 12.9. The third-order valence-corrected chi connectivity index (χ3v) is 15.9. The highest BCUT2D eigenvalue weighted by Crippen LogP contribution is 2.18. The fourth-order valence-electron chi connectivity index (χ4n) is 10.5. The highest BCUT2D eigenvalue weighted by molar-refractivity contribution is 5.71. The topological polar surface area (TPSA) is 78.9 Å². The Labute approximate surface area is 510 Å². The first kappa shape index (κ1) is 78.8. The lowest BCUT2D eigenvalue weighted by atomic mass is 10.0. The summed E-state index contributed by atoms with van der Waals surface area (Å²) in [5.74, 6) is -0.877. The van der Waals surface area contributed by atoms with Crippen molar-refractivity contribution in [3.05, 3.63) is 72.9 Å². The van der Waals surface area contributed by atoms with E-state index in [4.69, 9.17) is 14.2 Å². The molecule has 0 spiro atoms. The van der Waals surface area contributed by atoms with E-state index < -0.39 is 6.10 Å². The quantitative estimate of drug-likeness (QED) is 0.0261. The molecule has 0 aromatic rings. The van der Waals surface area contributed by atoms with Gasteiger partial charge < -0.3 is 14.2 Å². The molecule has 0 saturated heterocycles. The van der Waals surface area contributed by atoms with Gasteiger partial charge in [0.2, 0.25) is 0 Å². The van der Waals surface area contributed by atoms with E-state index in [1.165, 1.54) is 244 Å². The molecule has 1 atom stereocenters. The second kappa shape index (κ2) is 70.3. The van der Waals surface area contributed by atoms with Gasteiger partial charge in [-0.3, -0.25) is 14.4 Å². The fourth-order valence-corrected chi connectivity index (χ4v) is 10.5. The third kappa shape index (κ3) is 67.6. The fraction of sp³-hybridized carbons (Fsp3) is 0.803. The lowest BCUT2D eigenvalue weighted by Crippen LogP contribution is -2.30. The van der Waals surface area contributed by atoms with Crippen LogP contribution in [0, 0.1) is 0 Å². The molecule has 0 aromatic carbocycles. The molecule has 0 aromatic heterocycles. The van der Waals surface area contributed by atoms with Gasteiger partial charge in [0.05, 0.1) is 0 Å². The number of ether oxygens (including phenoxy) is 3. The van der Waals surface area contributed by atoms with Crippen LogP contribution in [0.25, 0.3) is 0 Å². The van der Waals surface area contributed by atoms with Crippen molar-refractivity contribution >= 4 is 17.9 Å². The number of allylic oxidation sites excluding steroid dienone is 12. The summed E-state index contributed by atoms with van der Waals surface area (Å²) in [6, 6.07) is 0. The van der Waals surface area contributed by atoms with E-state index in [1.807, 2.05) is 0 Å². The van der Waals surface area contributed by atoms with Crippen molar-refractivity contribution in [2.45, 2.75) is 380 Å². The average Bonchev–Trinajstić information content (AvgIpc) is 3.47. The van der Waals surface area contributed by atoms with Crippen LogP contribution in [-0.4, -0.2) is 37.2 Å². The summed E-state index contributed by atoms with van der Waals surface area (Å²) in [5, 5.41) is 0. The van der Waals surface area contributed by atoms with Gasteiger partial charge in [0, 0.05) is 19.3 Å². The lowest BCUT2D eigenvalue weighted by Gasteiger charge is -2.18. The van der Waals surface area contributed by atoms with E-state index in [0.717, 1.165) is 89.9 Å². The maximum Gasteiger partial charge on any atom is 0.306 e. The summed E-state index contributed by atoms with van der Waals surface area (Å²) in [5.41, 5.74) is 0. The van der Waals surface area contributed by atoms with Gasteiger partial charge in [0.15, 0.2) is 6.10 Å². The predicted octanol–water partition coefficient (Wildman–Crippen LogP) is 24.8. The van der Waals surface area contributed by atoms with E-state index in [9.17, 15) is 14.4 Å². The number of esters is 3. The molecule has 0 amide bonds. The Morgan fingerprint density at radius 1 is 0.244 bits per heavy atom. The summed E-state index contributed by atoms with van der Waals surface area (Å²) >= 11 is 0. The molecule has 0 rings (SSSR count). The van der Waals surface area contributed by atoms with Crippen LogP contribution in [0.4, 0.5) is 0 Å². The molecule has 0 heterocycles. The number of unbranched alkanes of at least 4 members (excludes halogenated alkanes) is 43. The normalized spacial score (nSPS) is 12.5. The number of hydrogen-bond acceptors (Lipinski definition) is 6. The molecule has 476 valence electrons. The van der Waals surface area contributed by atoms with Crippen LogP contribution in [0.15, 0.2) is 72.9 Å². The first-order valence-electron chi connectivity index (χ1n) is 35.9. The van der Waals surface area contributed by atoms with Crippen LogP contribution in [0.3, 0.4) is 0 Å². The first-order chi connectivity index (χ1) is 40.5. The van der Waals surface area contributed by atoms with E-state index >= 15 is 0 Å². The number of carbonyl (C=O) groups is 3. The third-order valence-electron chi connectivity index (χ3n) is 15.9. The van der Waals surface area contributed by atoms with Gasteiger partial charge in [-0.05, 0) is 109 Å². The summed E-state index contributed by atoms with van der Waals surface area (Å²) < 4.78 is 17.0. The van der Waals surface area contributed by atoms with Crippen molar-refractivity contribution in [1.82, 2.24) is 0 Å². The van der Waals surface area contributed by atoms with Crippen molar-refractivity contribution in [2.24, 2.45) is 0 Å². The van der Waals surface area contributed by atoms with E-state index in [0.29, 0.717) is 19.3 Å². The van der Waals surface area contributed by atoms with Gasteiger partial charge in [-0.25, -0.2) is 0 Å². The van der Waals surface area contributed by atoms with Crippen LogP contribution in [0.5, 0.6) is 0 Å². The molecular formula is C76H136O6. The Balaban J connectivity index is 4.20. The summed E-state index contributed by atoms with van der Waals surface area (Å²) in [6.07, 6.45) is 92.2.